The second-order valence-corrected chi connectivity index (χ2v) is 4.07. The summed E-state index contributed by atoms with van der Waals surface area (Å²) in [6.07, 6.45) is 3.53. The van der Waals surface area contributed by atoms with Crippen LogP contribution in [0, 0.1) is 0 Å². The molecule has 0 saturated heterocycles. The van der Waals surface area contributed by atoms with Crippen molar-refractivity contribution in [3.05, 3.63) is 41.7 Å². The minimum atomic E-state index is 0.592. The number of anilines is 1. The van der Waals surface area contributed by atoms with Crippen molar-refractivity contribution in [2.45, 2.75) is 0 Å². The molecule has 0 spiro atoms. The van der Waals surface area contributed by atoms with E-state index in [1.54, 1.807) is 10.9 Å². The smallest absolute Gasteiger partial charge is 0.157 e. The van der Waals surface area contributed by atoms with Crippen molar-refractivity contribution in [1.29, 1.82) is 0 Å². The number of hydrogen-bond acceptors (Lipinski definition) is 3. The summed E-state index contributed by atoms with van der Waals surface area (Å²) in [5.41, 5.74) is 1.03. The van der Waals surface area contributed by atoms with Crippen molar-refractivity contribution in [3.63, 3.8) is 0 Å². The molecule has 2 aromatic rings. The Labute approximate surface area is 105 Å². The highest BCUT2D eigenvalue weighted by Crippen LogP contribution is 2.13. The Morgan fingerprint density at radius 2 is 2.12 bits per heavy atom. The van der Waals surface area contributed by atoms with Crippen LogP contribution in [0.4, 0.5) is 5.69 Å². The van der Waals surface area contributed by atoms with Gasteiger partial charge in [0.1, 0.15) is 6.61 Å². The van der Waals surface area contributed by atoms with E-state index < -0.39 is 0 Å². The number of rotatable bonds is 5. The molecule has 0 aliphatic heterocycles. The average molecular weight is 252 g/mol. The Morgan fingerprint density at radius 1 is 1.35 bits per heavy atom. The van der Waals surface area contributed by atoms with Gasteiger partial charge in [-0.25, -0.2) is 0 Å². The van der Waals surface area contributed by atoms with Crippen LogP contribution in [0.1, 0.15) is 0 Å². The van der Waals surface area contributed by atoms with Crippen LogP contribution in [-0.4, -0.2) is 22.9 Å². The maximum absolute atomic E-state index is 5.79. The van der Waals surface area contributed by atoms with E-state index in [1.807, 2.05) is 37.5 Å². The minimum Gasteiger partial charge on any atom is -0.488 e. The Morgan fingerprint density at radius 3 is 2.76 bits per heavy atom. The van der Waals surface area contributed by atoms with Crippen LogP contribution in [0.2, 0.25) is 5.02 Å². The topological polar surface area (TPSA) is 39.1 Å². The van der Waals surface area contributed by atoms with Gasteiger partial charge in [-0.2, -0.15) is 5.10 Å². The van der Waals surface area contributed by atoms with E-state index in [0.29, 0.717) is 6.61 Å². The summed E-state index contributed by atoms with van der Waals surface area (Å²) >= 11 is 5.79. The first-order valence-corrected chi connectivity index (χ1v) is 5.73. The van der Waals surface area contributed by atoms with Crippen LogP contribution in [0.15, 0.2) is 36.7 Å². The highest BCUT2D eigenvalue weighted by Gasteiger charge is 1.96. The second-order valence-electron chi connectivity index (χ2n) is 3.63. The van der Waals surface area contributed by atoms with Gasteiger partial charge in [-0.05, 0) is 24.3 Å². The molecule has 0 aliphatic rings. The molecular weight excluding hydrogens is 238 g/mol. The lowest BCUT2D eigenvalue weighted by molar-refractivity contribution is 0.332. The summed E-state index contributed by atoms with van der Waals surface area (Å²) in [5.74, 6) is 0.783. The van der Waals surface area contributed by atoms with Crippen molar-refractivity contribution in [2.24, 2.45) is 7.05 Å². The first-order valence-electron chi connectivity index (χ1n) is 5.35. The van der Waals surface area contributed by atoms with Crippen LogP contribution in [0.25, 0.3) is 0 Å². The first kappa shape index (κ1) is 11.8. The van der Waals surface area contributed by atoms with Gasteiger partial charge in [0, 0.05) is 24.3 Å². The quantitative estimate of drug-likeness (QED) is 0.831. The number of nitrogens with one attached hydrogen (secondary N) is 1. The van der Waals surface area contributed by atoms with E-state index >= 15 is 0 Å². The van der Waals surface area contributed by atoms with Gasteiger partial charge in [-0.15, -0.1) is 0 Å². The first-order chi connectivity index (χ1) is 8.24. The van der Waals surface area contributed by atoms with Crippen LogP contribution >= 0.6 is 11.6 Å². The van der Waals surface area contributed by atoms with Gasteiger partial charge in [0.2, 0.25) is 0 Å². The van der Waals surface area contributed by atoms with Gasteiger partial charge in [-0.3, -0.25) is 4.68 Å². The van der Waals surface area contributed by atoms with Crippen molar-refractivity contribution in [3.8, 4) is 5.75 Å². The molecule has 1 N–H and O–H groups in total. The second kappa shape index (κ2) is 5.59. The normalized spacial score (nSPS) is 10.2. The lowest BCUT2D eigenvalue weighted by Gasteiger charge is -2.06. The zero-order valence-corrected chi connectivity index (χ0v) is 10.3. The van der Waals surface area contributed by atoms with Crippen molar-refractivity contribution >= 4 is 17.3 Å². The van der Waals surface area contributed by atoms with Gasteiger partial charge in [0.15, 0.2) is 5.75 Å². The molecule has 17 heavy (non-hydrogen) atoms. The van der Waals surface area contributed by atoms with Gasteiger partial charge in [0.25, 0.3) is 0 Å². The summed E-state index contributed by atoms with van der Waals surface area (Å²) in [6.45, 7) is 1.32. The van der Waals surface area contributed by atoms with Gasteiger partial charge in [0.05, 0.1) is 12.4 Å². The number of hydrogen-bond donors (Lipinski definition) is 1. The number of ether oxygens (including phenoxy) is 1. The maximum atomic E-state index is 5.79. The molecule has 1 aromatic carbocycles. The van der Waals surface area contributed by atoms with Gasteiger partial charge < -0.3 is 10.1 Å². The largest absolute Gasteiger partial charge is 0.488 e. The molecule has 0 amide bonds. The van der Waals surface area contributed by atoms with E-state index in [-0.39, 0.29) is 0 Å². The number of nitrogens with zero attached hydrogens (tertiary/aromatic N) is 2. The van der Waals surface area contributed by atoms with E-state index in [4.69, 9.17) is 16.3 Å². The minimum absolute atomic E-state index is 0.592. The fraction of sp³-hybridized carbons (Fsp3) is 0.250. The highest BCUT2D eigenvalue weighted by atomic mass is 35.5. The van der Waals surface area contributed by atoms with Gasteiger partial charge in [-0.1, -0.05) is 11.6 Å². The van der Waals surface area contributed by atoms with E-state index in [2.05, 4.69) is 10.4 Å². The Hall–Kier alpha value is -1.68. The van der Waals surface area contributed by atoms with Gasteiger partial charge >= 0.3 is 0 Å². The van der Waals surface area contributed by atoms with Crippen LogP contribution in [0.5, 0.6) is 5.75 Å². The van der Waals surface area contributed by atoms with E-state index in [9.17, 15) is 0 Å². The number of aryl methyl sites for hydroxylation is 1. The molecule has 0 unspecified atom stereocenters. The molecule has 90 valence electrons. The summed E-state index contributed by atoms with van der Waals surface area (Å²) in [4.78, 5) is 0. The molecule has 0 fully saturated rings. The summed E-state index contributed by atoms with van der Waals surface area (Å²) in [6, 6.07) is 7.58. The lowest BCUT2D eigenvalue weighted by Crippen LogP contribution is -2.11. The summed E-state index contributed by atoms with van der Waals surface area (Å²) < 4.78 is 7.21. The molecule has 2 rings (SSSR count). The Bertz CT molecular complexity index is 467. The van der Waals surface area contributed by atoms with E-state index in [0.717, 1.165) is 23.0 Å². The molecule has 5 heteroatoms. The third-order valence-electron chi connectivity index (χ3n) is 2.23. The molecule has 0 atom stereocenters. The third-order valence-corrected chi connectivity index (χ3v) is 2.48. The molecular formula is C12H14ClN3O. The SMILES string of the molecule is Cn1cc(OCCNc2ccc(Cl)cc2)cn1. The number of benzene rings is 1. The zero-order valence-electron chi connectivity index (χ0n) is 9.56. The van der Waals surface area contributed by atoms with Crippen molar-refractivity contribution in [1.82, 2.24) is 9.78 Å². The molecule has 0 aliphatic carbocycles. The third kappa shape index (κ3) is 3.67. The fourth-order valence-corrected chi connectivity index (χ4v) is 1.53. The molecule has 0 bridgehead atoms. The average Bonchev–Trinajstić information content (AvgIpc) is 2.73. The maximum Gasteiger partial charge on any atom is 0.157 e. The van der Waals surface area contributed by atoms with Crippen LogP contribution in [-0.2, 0) is 7.05 Å². The van der Waals surface area contributed by atoms with Crippen LogP contribution < -0.4 is 10.1 Å². The monoisotopic (exact) mass is 251 g/mol. The molecule has 0 saturated carbocycles. The van der Waals surface area contributed by atoms with Crippen LogP contribution in [0.3, 0.4) is 0 Å². The highest BCUT2D eigenvalue weighted by molar-refractivity contribution is 6.30. The summed E-state index contributed by atoms with van der Waals surface area (Å²) in [5, 5.41) is 8.00. The lowest BCUT2D eigenvalue weighted by atomic mass is 10.3. The molecule has 4 nitrogen and oxygen atoms in total. The van der Waals surface area contributed by atoms with Crippen molar-refractivity contribution in [2.75, 3.05) is 18.5 Å². The molecule has 1 aromatic heterocycles. The zero-order chi connectivity index (χ0) is 12.1. The molecule has 1 heterocycles. The molecule has 0 radical (unpaired) electrons. The van der Waals surface area contributed by atoms with E-state index in [1.165, 1.54) is 0 Å². The predicted octanol–water partition coefficient (Wildman–Crippen LogP) is 2.56. The standard InChI is InChI=1S/C12H14ClN3O/c1-16-9-12(8-15-16)17-7-6-14-11-4-2-10(13)3-5-11/h2-5,8-9,14H,6-7H2,1H3. The Balaban J connectivity index is 1.71. The summed E-state index contributed by atoms with van der Waals surface area (Å²) in [7, 11) is 1.86. The Kier molecular flexibility index (Phi) is 3.88. The fourth-order valence-electron chi connectivity index (χ4n) is 1.41. The predicted molar refractivity (Wildman–Crippen MR) is 68.6 cm³/mol. The number of halogens is 1. The van der Waals surface area contributed by atoms with Crippen molar-refractivity contribution < 1.29 is 4.74 Å². The number of aromatic nitrogens is 2.